The lowest BCUT2D eigenvalue weighted by molar-refractivity contribution is -0.140. The SMILES string of the molecule is NC1=C(C(=O)OCc2ccccc2)C(c2cccnc2)c2oc(CO)cc(=O)c2O1. The summed E-state index contributed by atoms with van der Waals surface area (Å²) in [6, 6.07) is 13.7. The van der Waals surface area contributed by atoms with Gasteiger partial charge in [-0.1, -0.05) is 36.4 Å². The molecule has 0 radical (unpaired) electrons. The number of nitrogens with zero attached hydrogens (tertiary/aromatic N) is 1. The lowest BCUT2D eigenvalue weighted by atomic mass is 9.87. The van der Waals surface area contributed by atoms with Crippen molar-refractivity contribution in [1.82, 2.24) is 4.98 Å². The molecule has 0 spiro atoms. The second kappa shape index (κ2) is 8.22. The molecule has 0 fully saturated rings. The third-order valence-corrected chi connectivity index (χ3v) is 4.62. The molecule has 4 rings (SSSR count). The van der Waals surface area contributed by atoms with E-state index in [2.05, 4.69) is 4.98 Å². The summed E-state index contributed by atoms with van der Waals surface area (Å²) in [7, 11) is 0. The highest BCUT2D eigenvalue weighted by molar-refractivity contribution is 5.92. The van der Waals surface area contributed by atoms with Crippen LogP contribution in [0.4, 0.5) is 0 Å². The van der Waals surface area contributed by atoms with Gasteiger partial charge in [-0.25, -0.2) is 4.79 Å². The van der Waals surface area contributed by atoms with Crippen LogP contribution in [0.1, 0.15) is 28.6 Å². The van der Waals surface area contributed by atoms with Gasteiger partial charge in [0.15, 0.2) is 5.76 Å². The first kappa shape index (κ1) is 19.4. The second-order valence-corrected chi connectivity index (χ2v) is 6.59. The van der Waals surface area contributed by atoms with Crippen molar-refractivity contribution in [2.24, 2.45) is 5.73 Å². The average Bonchev–Trinajstić information content (AvgIpc) is 2.78. The van der Waals surface area contributed by atoms with Gasteiger partial charge in [-0.2, -0.15) is 0 Å². The van der Waals surface area contributed by atoms with Crippen molar-refractivity contribution in [2.45, 2.75) is 19.1 Å². The Balaban J connectivity index is 1.77. The molecular formula is C22H18N2O6. The smallest absolute Gasteiger partial charge is 0.340 e. The first-order chi connectivity index (χ1) is 14.6. The number of rotatable bonds is 5. The molecule has 152 valence electrons. The van der Waals surface area contributed by atoms with Crippen LogP contribution in [0.5, 0.6) is 5.75 Å². The molecular weight excluding hydrogens is 388 g/mol. The molecule has 1 unspecified atom stereocenters. The van der Waals surface area contributed by atoms with E-state index in [0.717, 1.165) is 11.6 Å². The average molecular weight is 406 g/mol. The van der Waals surface area contributed by atoms with E-state index in [9.17, 15) is 14.7 Å². The van der Waals surface area contributed by atoms with E-state index in [1.165, 1.54) is 6.20 Å². The van der Waals surface area contributed by atoms with Crippen LogP contribution >= 0.6 is 0 Å². The quantitative estimate of drug-likeness (QED) is 0.616. The Hall–Kier alpha value is -3.91. The first-order valence-electron chi connectivity index (χ1n) is 9.14. The molecule has 1 aliphatic rings. The molecule has 3 N–H and O–H groups in total. The maximum atomic E-state index is 13.0. The molecule has 3 heterocycles. The number of carbonyl (C=O) groups excluding carboxylic acids is 1. The van der Waals surface area contributed by atoms with Gasteiger partial charge in [0, 0.05) is 18.5 Å². The summed E-state index contributed by atoms with van der Waals surface area (Å²) in [5, 5.41) is 9.44. The number of carbonyl (C=O) groups is 1. The fourth-order valence-corrected chi connectivity index (χ4v) is 3.24. The summed E-state index contributed by atoms with van der Waals surface area (Å²) in [6.07, 6.45) is 3.10. The van der Waals surface area contributed by atoms with E-state index in [-0.39, 0.29) is 35.3 Å². The lowest BCUT2D eigenvalue weighted by Gasteiger charge is -2.26. The highest BCUT2D eigenvalue weighted by Gasteiger charge is 2.39. The number of aliphatic hydroxyl groups is 1. The molecule has 3 aromatic rings. The summed E-state index contributed by atoms with van der Waals surface area (Å²) in [6.45, 7) is -0.459. The van der Waals surface area contributed by atoms with Crippen molar-refractivity contribution in [3.63, 3.8) is 0 Å². The van der Waals surface area contributed by atoms with Gasteiger partial charge >= 0.3 is 5.97 Å². The van der Waals surface area contributed by atoms with Crippen molar-refractivity contribution in [1.29, 1.82) is 0 Å². The molecule has 8 heteroatoms. The van der Waals surface area contributed by atoms with E-state index in [1.54, 1.807) is 18.3 Å². The predicted molar refractivity (Wildman–Crippen MR) is 105 cm³/mol. The molecule has 1 aromatic carbocycles. The van der Waals surface area contributed by atoms with Crippen molar-refractivity contribution in [3.05, 3.63) is 105 Å². The minimum Gasteiger partial charge on any atom is -0.458 e. The van der Waals surface area contributed by atoms with E-state index in [0.29, 0.717) is 5.56 Å². The number of aromatic nitrogens is 1. The Bertz CT molecular complexity index is 1160. The number of benzene rings is 1. The Labute approximate surface area is 171 Å². The zero-order valence-electron chi connectivity index (χ0n) is 15.8. The zero-order valence-corrected chi connectivity index (χ0v) is 15.8. The van der Waals surface area contributed by atoms with Crippen LogP contribution in [0.25, 0.3) is 0 Å². The molecule has 0 aliphatic carbocycles. The molecule has 1 atom stereocenters. The maximum Gasteiger partial charge on any atom is 0.340 e. The minimum absolute atomic E-state index is 0.00956. The standard InChI is InChI=1S/C22H18N2O6/c23-21-18(22(27)28-12-13-5-2-1-3-6-13)17(14-7-4-8-24-10-14)20-19(30-21)16(26)9-15(11-25)29-20/h1-10,17,25H,11-12,23H2. The topological polar surface area (TPSA) is 125 Å². The summed E-state index contributed by atoms with van der Waals surface area (Å²) in [5.41, 5.74) is 6.86. The van der Waals surface area contributed by atoms with Crippen molar-refractivity contribution in [2.75, 3.05) is 0 Å². The highest BCUT2D eigenvalue weighted by atomic mass is 16.5. The fraction of sp³-hybridized carbons (Fsp3) is 0.136. The number of esters is 1. The van der Waals surface area contributed by atoms with Crippen molar-refractivity contribution in [3.8, 4) is 5.75 Å². The number of hydrogen-bond donors (Lipinski definition) is 2. The Kier molecular flexibility index (Phi) is 5.32. The van der Waals surface area contributed by atoms with Gasteiger partial charge in [0.2, 0.25) is 17.1 Å². The van der Waals surface area contributed by atoms with Gasteiger partial charge in [-0.3, -0.25) is 9.78 Å². The summed E-state index contributed by atoms with van der Waals surface area (Å²) in [5.74, 6) is -1.90. The van der Waals surface area contributed by atoms with E-state index >= 15 is 0 Å². The summed E-state index contributed by atoms with van der Waals surface area (Å²) >= 11 is 0. The minimum atomic E-state index is -0.884. The van der Waals surface area contributed by atoms with Crippen LogP contribution in [-0.2, 0) is 22.7 Å². The molecule has 0 saturated carbocycles. The monoisotopic (exact) mass is 406 g/mol. The number of pyridine rings is 1. The number of nitrogens with two attached hydrogens (primary N) is 1. The van der Waals surface area contributed by atoms with Gasteiger partial charge in [-0.05, 0) is 17.2 Å². The summed E-state index contributed by atoms with van der Waals surface area (Å²) < 4.78 is 16.6. The van der Waals surface area contributed by atoms with Crippen LogP contribution < -0.4 is 15.9 Å². The van der Waals surface area contributed by atoms with Gasteiger partial charge in [0.25, 0.3) is 0 Å². The van der Waals surface area contributed by atoms with Crippen LogP contribution in [0, 0.1) is 0 Å². The Morgan fingerprint density at radius 2 is 2.00 bits per heavy atom. The van der Waals surface area contributed by atoms with E-state index in [1.807, 2.05) is 30.3 Å². The van der Waals surface area contributed by atoms with E-state index < -0.39 is 23.9 Å². The molecule has 0 bridgehead atoms. The van der Waals surface area contributed by atoms with E-state index in [4.69, 9.17) is 19.6 Å². The largest absolute Gasteiger partial charge is 0.458 e. The molecule has 0 saturated heterocycles. The van der Waals surface area contributed by atoms with Gasteiger partial charge < -0.3 is 24.7 Å². The molecule has 30 heavy (non-hydrogen) atoms. The number of hydrogen-bond acceptors (Lipinski definition) is 8. The fourth-order valence-electron chi connectivity index (χ4n) is 3.24. The van der Waals surface area contributed by atoms with Gasteiger partial charge in [-0.15, -0.1) is 0 Å². The normalized spacial score (nSPS) is 15.3. The van der Waals surface area contributed by atoms with Crippen molar-refractivity contribution < 1.29 is 23.8 Å². The molecule has 1 aliphatic heterocycles. The Morgan fingerprint density at radius 1 is 1.20 bits per heavy atom. The summed E-state index contributed by atoms with van der Waals surface area (Å²) in [4.78, 5) is 29.5. The number of ether oxygens (including phenoxy) is 2. The van der Waals surface area contributed by atoms with Crippen LogP contribution in [0.3, 0.4) is 0 Å². The van der Waals surface area contributed by atoms with Crippen LogP contribution in [0.15, 0.2) is 81.6 Å². The third kappa shape index (κ3) is 3.68. The molecule has 8 nitrogen and oxygen atoms in total. The number of aliphatic hydroxyl groups excluding tert-OH is 1. The first-order valence-corrected chi connectivity index (χ1v) is 9.14. The number of fused-ring (bicyclic) bond motifs is 1. The molecule has 0 amide bonds. The second-order valence-electron chi connectivity index (χ2n) is 6.59. The van der Waals surface area contributed by atoms with Crippen molar-refractivity contribution >= 4 is 5.97 Å². The van der Waals surface area contributed by atoms with Crippen LogP contribution in [0.2, 0.25) is 0 Å². The zero-order chi connectivity index (χ0) is 21.1. The maximum absolute atomic E-state index is 13.0. The molecule has 2 aromatic heterocycles. The third-order valence-electron chi connectivity index (χ3n) is 4.62. The lowest BCUT2D eigenvalue weighted by Crippen LogP contribution is -2.30. The predicted octanol–water partition coefficient (Wildman–Crippen LogP) is 1.97. The van der Waals surface area contributed by atoms with Crippen LogP contribution in [-0.4, -0.2) is 16.1 Å². The van der Waals surface area contributed by atoms with Gasteiger partial charge in [0.1, 0.15) is 24.5 Å². The highest BCUT2D eigenvalue weighted by Crippen LogP contribution is 2.41. The van der Waals surface area contributed by atoms with Gasteiger partial charge in [0.05, 0.1) is 5.92 Å². The Morgan fingerprint density at radius 3 is 2.70 bits per heavy atom.